The summed E-state index contributed by atoms with van der Waals surface area (Å²) in [4.78, 5) is 7.56. The summed E-state index contributed by atoms with van der Waals surface area (Å²) in [6, 6.07) is 1.51. The maximum absolute atomic E-state index is 12.7. The summed E-state index contributed by atoms with van der Waals surface area (Å²) >= 11 is 0. The minimum atomic E-state index is -4.13. The minimum absolute atomic E-state index is 0.168. The molecule has 1 aromatic rings. The van der Waals surface area contributed by atoms with Gasteiger partial charge in [-0.3, -0.25) is 0 Å². The van der Waals surface area contributed by atoms with Gasteiger partial charge in [-0.25, -0.2) is 13.8 Å². The quantitative estimate of drug-likeness (QED) is 0.804. The largest absolute Gasteiger partial charge is 0.478 e. The first-order chi connectivity index (χ1) is 8.35. The van der Waals surface area contributed by atoms with Gasteiger partial charge in [0.1, 0.15) is 0 Å². The molecule has 0 aromatic carbocycles. The molecule has 0 aliphatic heterocycles. The highest BCUT2D eigenvalue weighted by molar-refractivity contribution is 5.30. The third-order valence-corrected chi connectivity index (χ3v) is 1.92. The van der Waals surface area contributed by atoms with E-state index in [1.807, 2.05) is 0 Å². The summed E-state index contributed by atoms with van der Waals surface area (Å²) < 4.78 is 54.3. The molecule has 1 rings (SSSR count). The summed E-state index contributed by atoms with van der Waals surface area (Å²) in [5.41, 5.74) is 0.483. The van der Waals surface area contributed by atoms with E-state index in [-0.39, 0.29) is 11.8 Å². The van der Waals surface area contributed by atoms with Gasteiger partial charge >= 0.3 is 12.3 Å². The van der Waals surface area contributed by atoms with Gasteiger partial charge in [-0.15, -0.1) is 0 Å². The Kier molecular flexibility index (Phi) is 4.69. The van der Waals surface area contributed by atoms with E-state index in [1.165, 1.54) is 6.07 Å². The Labute approximate surface area is 101 Å². The number of anilines is 1. The monoisotopic (exact) mass is 267 g/mol. The van der Waals surface area contributed by atoms with Gasteiger partial charge in [-0.05, 0) is 13.8 Å². The van der Waals surface area contributed by atoms with Crippen LogP contribution in [-0.2, 0) is 0 Å². The van der Waals surface area contributed by atoms with E-state index in [4.69, 9.17) is 4.74 Å². The number of aryl methyl sites for hydroxylation is 1. The third-order valence-electron chi connectivity index (χ3n) is 1.92. The second-order valence-electron chi connectivity index (χ2n) is 3.52. The van der Waals surface area contributed by atoms with Crippen LogP contribution in [0, 0.1) is 6.92 Å². The zero-order valence-electron chi connectivity index (χ0n) is 9.88. The molecule has 1 N–H and O–H groups in total. The SMILES string of the molecule is CCOc1cc(C)nc(NCC(F)(F)C(F)F)n1. The molecule has 8 heteroatoms. The first-order valence-corrected chi connectivity index (χ1v) is 5.23. The molecule has 0 aliphatic rings. The highest BCUT2D eigenvalue weighted by Crippen LogP contribution is 2.23. The van der Waals surface area contributed by atoms with Gasteiger partial charge in [0.05, 0.1) is 13.2 Å². The maximum Gasteiger partial charge on any atom is 0.324 e. The summed E-state index contributed by atoms with van der Waals surface area (Å²) in [5.74, 6) is -4.09. The molecule has 102 valence electrons. The molecule has 0 saturated carbocycles. The normalized spacial score (nSPS) is 11.7. The van der Waals surface area contributed by atoms with E-state index in [2.05, 4.69) is 15.3 Å². The van der Waals surface area contributed by atoms with Crippen molar-refractivity contribution in [3.8, 4) is 5.88 Å². The molecule has 0 spiro atoms. The van der Waals surface area contributed by atoms with Crippen molar-refractivity contribution >= 4 is 5.95 Å². The Hall–Kier alpha value is -1.60. The molecule has 4 nitrogen and oxygen atoms in total. The molecule has 0 radical (unpaired) electrons. The second-order valence-corrected chi connectivity index (χ2v) is 3.52. The number of rotatable bonds is 6. The topological polar surface area (TPSA) is 47.0 Å². The fraction of sp³-hybridized carbons (Fsp3) is 0.600. The van der Waals surface area contributed by atoms with E-state index in [9.17, 15) is 17.6 Å². The molecule has 0 bridgehead atoms. The van der Waals surface area contributed by atoms with Crippen LogP contribution in [0.25, 0.3) is 0 Å². The first-order valence-electron chi connectivity index (χ1n) is 5.23. The highest BCUT2D eigenvalue weighted by Gasteiger charge is 2.40. The molecule has 1 heterocycles. The standard InChI is InChI=1S/C10H13F4N3O/c1-3-18-7-4-6(2)16-9(17-7)15-5-10(13,14)8(11)12/h4,8H,3,5H2,1-2H3,(H,15,16,17). The van der Waals surface area contributed by atoms with Crippen LogP contribution in [0.3, 0.4) is 0 Å². The average molecular weight is 267 g/mol. The van der Waals surface area contributed by atoms with E-state index in [0.717, 1.165) is 0 Å². The second kappa shape index (κ2) is 5.83. The van der Waals surface area contributed by atoms with Crippen LogP contribution < -0.4 is 10.1 Å². The van der Waals surface area contributed by atoms with Crippen molar-refractivity contribution in [3.05, 3.63) is 11.8 Å². The van der Waals surface area contributed by atoms with Gasteiger partial charge in [-0.2, -0.15) is 13.8 Å². The Morgan fingerprint density at radius 3 is 2.61 bits per heavy atom. The Balaban J connectivity index is 2.73. The lowest BCUT2D eigenvalue weighted by Crippen LogP contribution is -2.35. The van der Waals surface area contributed by atoms with Crippen LogP contribution in [-0.4, -0.2) is 35.5 Å². The van der Waals surface area contributed by atoms with Crippen molar-refractivity contribution < 1.29 is 22.3 Å². The predicted octanol–water partition coefficient (Wildman–Crippen LogP) is 2.50. The third kappa shape index (κ3) is 4.01. The van der Waals surface area contributed by atoms with E-state index in [1.54, 1.807) is 13.8 Å². The van der Waals surface area contributed by atoms with E-state index < -0.39 is 18.9 Å². The van der Waals surface area contributed by atoms with Crippen LogP contribution in [0.2, 0.25) is 0 Å². The maximum atomic E-state index is 12.7. The van der Waals surface area contributed by atoms with E-state index >= 15 is 0 Å². The predicted molar refractivity (Wildman–Crippen MR) is 57.4 cm³/mol. The molecule has 0 unspecified atom stereocenters. The number of nitrogens with zero attached hydrogens (tertiary/aromatic N) is 2. The number of halogens is 4. The van der Waals surface area contributed by atoms with Crippen LogP contribution in [0.1, 0.15) is 12.6 Å². The smallest absolute Gasteiger partial charge is 0.324 e. The number of nitrogens with one attached hydrogen (secondary N) is 1. The summed E-state index contributed by atoms with van der Waals surface area (Å²) in [6.07, 6.45) is -3.74. The number of ether oxygens (including phenoxy) is 1. The van der Waals surface area contributed by atoms with Crippen LogP contribution in [0.4, 0.5) is 23.5 Å². The molecular formula is C10H13F4N3O. The van der Waals surface area contributed by atoms with Gasteiger partial charge in [0, 0.05) is 11.8 Å². The van der Waals surface area contributed by atoms with Gasteiger partial charge in [0.25, 0.3) is 0 Å². The van der Waals surface area contributed by atoms with Gasteiger partial charge < -0.3 is 10.1 Å². The highest BCUT2D eigenvalue weighted by atomic mass is 19.3. The molecule has 0 fully saturated rings. The summed E-state index contributed by atoms with van der Waals surface area (Å²) in [6.45, 7) is 2.46. The Morgan fingerprint density at radius 2 is 2.06 bits per heavy atom. The summed E-state index contributed by atoms with van der Waals surface area (Å²) in [7, 11) is 0. The molecule has 0 aliphatic carbocycles. The lowest BCUT2D eigenvalue weighted by Gasteiger charge is -2.16. The van der Waals surface area contributed by atoms with Crippen molar-refractivity contribution in [1.82, 2.24) is 9.97 Å². The van der Waals surface area contributed by atoms with Crippen molar-refractivity contribution in [1.29, 1.82) is 0 Å². The molecule has 0 atom stereocenters. The molecular weight excluding hydrogens is 254 g/mol. The Morgan fingerprint density at radius 1 is 1.39 bits per heavy atom. The fourth-order valence-electron chi connectivity index (χ4n) is 1.11. The van der Waals surface area contributed by atoms with Crippen molar-refractivity contribution in [2.45, 2.75) is 26.2 Å². The minimum Gasteiger partial charge on any atom is -0.478 e. The van der Waals surface area contributed by atoms with Crippen LogP contribution in [0.15, 0.2) is 6.07 Å². The zero-order chi connectivity index (χ0) is 13.8. The molecule has 1 aromatic heterocycles. The fourth-order valence-corrected chi connectivity index (χ4v) is 1.11. The lowest BCUT2D eigenvalue weighted by atomic mass is 10.3. The summed E-state index contributed by atoms with van der Waals surface area (Å²) in [5, 5.41) is 2.07. The Bertz CT molecular complexity index is 401. The number of alkyl halides is 4. The van der Waals surface area contributed by atoms with Crippen LogP contribution >= 0.6 is 0 Å². The lowest BCUT2D eigenvalue weighted by molar-refractivity contribution is -0.117. The number of aromatic nitrogens is 2. The van der Waals surface area contributed by atoms with Crippen molar-refractivity contribution in [2.75, 3.05) is 18.5 Å². The van der Waals surface area contributed by atoms with Gasteiger partial charge in [0.15, 0.2) is 0 Å². The molecule has 0 saturated heterocycles. The van der Waals surface area contributed by atoms with Crippen molar-refractivity contribution in [2.24, 2.45) is 0 Å². The first kappa shape index (κ1) is 14.5. The average Bonchev–Trinajstić information content (AvgIpc) is 2.26. The van der Waals surface area contributed by atoms with Crippen LogP contribution in [0.5, 0.6) is 5.88 Å². The van der Waals surface area contributed by atoms with Crippen molar-refractivity contribution in [3.63, 3.8) is 0 Å². The molecule has 0 amide bonds. The number of hydrogen-bond donors (Lipinski definition) is 1. The van der Waals surface area contributed by atoms with Gasteiger partial charge in [-0.1, -0.05) is 0 Å². The number of hydrogen-bond acceptors (Lipinski definition) is 4. The zero-order valence-corrected chi connectivity index (χ0v) is 9.88. The van der Waals surface area contributed by atoms with Gasteiger partial charge in [0.2, 0.25) is 11.8 Å². The van der Waals surface area contributed by atoms with E-state index in [0.29, 0.717) is 12.3 Å². The molecule has 18 heavy (non-hydrogen) atoms.